The molecular weight excluding hydrogens is 796 g/mol. The highest BCUT2D eigenvalue weighted by Gasteiger charge is 2.68. The third-order valence-electron chi connectivity index (χ3n) is 16.3. The van der Waals surface area contributed by atoms with Crippen LogP contribution in [0.4, 0.5) is 0 Å². The number of carbonyl (C=O) groups excluding carboxylic acids is 1. The molecule has 8 rings (SSSR count). The van der Waals surface area contributed by atoms with Crippen LogP contribution in [0.5, 0.6) is 0 Å². The molecule has 4 heterocycles. The molecule has 19 nitrogen and oxygen atoms in total. The van der Waals surface area contributed by atoms with E-state index < -0.39 is 122 Å². The van der Waals surface area contributed by atoms with Gasteiger partial charge in [0.15, 0.2) is 18.9 Å². The molecule has 60 heavy (non-hydrogen) atoms. The molecule has 11 N–H and O–H groups in total. The Bertz CT molecular complexity index is 1570. The van der Waals surface area contributed by atoms with Crippen molar-refractivity contribution in [1.82, 2.24) is 0 Å². The number of hydrogen-bond donors (Lipinski definition) is 11. The highest BCUT2D eigenvalue weighted by Crippen LogP contribution is 2.70. The van der Waals surface area contributed by atoms with Crippen molar-refractivity contribution in [2.45, 2.75) is 175 Å². The summed E-state index contributed by atoms with van der Waals surface area (Å²) in [6.45, 7) is 2.71. The molecule has 4 saturated carbocycles. The second kappa shape index (κ2) is 17.2. The predicted molar refractivity (Wildman–Crippen MR) is 200 cm³/mol. The minimum absolute atomic E-state index is 0.00142. The number of rotatable bonds is 10. The van der Waals surface area contributed by atoms with E-state index in [2.05, 4.69) is 6.92 Å². The van der Waals surface area contributed by atoms with Crippen molar-refractivity contribution < 1.29 is 94.1 Å². The maximum atomic E-state index is 12.6. The normalized spacial score (nSPS) is 54.4. The van der Waals surface area contributed by atoms with Crippen LogP contribution in [0, 0.1) is 34.5 Å². The van der Waals surface area contributed by atoms with Gasteiger partial charge in [-0.3, -0.25) is 0 Å². The van der Waals surface area contributed by atoms with Gasteiger partial charge in [-0.1, -0.05) is 6.92 Å². The average Bonchev–Trinajstić information content (AvgIpc) is 3.79. The van der Waals surface area contributed by atoms with Crippen LogP contribution in [0.25, 0.3) is 0 Å². The number of esters is 1. The summed E-state index contributed by atoms with van der Waals surface area (Å²) in [4.78, 5) is 11.9. The first kappa shape index (κ1) is 45.1. The molecule has 7 fully saturated rings. The topological polar surface area (TPSA) is 304 Å². The second-order valence-corrected chi connectivity index (χ2v) is 19.0. The third kappa shape index (κ3) is 7.40. The van der Waals surface area contributed by atoms with Crippen LogP contribution in [0.15, 0.2) is 11.6 Å². The standard InChI is InChI=1S/C41H64O19/c1-17-35(60-38-33(51)30(48)28(46)25(59-38)15-55-36-32(50)29(47)27(45)24(13-42)58-36)31(49)34(52)37(56-17)57-20-5-9-40(16-43)19(12-20)3-4-23-22(40)6-8-39(2)21(7-10-41(23,39)53)18-11-26(44)54-14-18/h11,17,19-25,27-38,42-43,45-53H,3-10,12-16H2,1-2H3/t17-,19?,20-,21+,22?,23?,24+,25+,27+,28+,29-,30-,31+,32+,33+,34+,35+,36?,37+,38?,39+,40+,41-/m0/s1. The molecular formula is C41H64O19. The fourth-order valence-electron chi connectivity index (χ4n) is 12.8. The van der Waals surface area contributed by atoms with Crippen LogP contribution in [0.2, 0.25) is 0 Å². The zero-order valence-electron chi connectivity index (χ0n) is 34.0. The van der Waals surface area contributed by atoms with E-state index in [1.807, 2.05) is 0 Å². The number of fused-ring (bicyclic) bond motifs is 5. The van der Waals surface area contributed by atoms with Crippen LogP contribution in [0.3, 0.4) is 0 Å². The first-order valence-electron chi connectivity index (χ1n) is 21.6. The van der Waals surface area contributed by atoms with E-state index in [4.69, 9.17) is 33.2 Å². The number of hydrogen-bond acceptors (Lipinski definition) is 19. The molecule has 0 spiro atoms. The van der Waals surface area contributed by atoms with E-state index in [-0.39, 0.29) is 49.0 Å². The van der Waals surface area contributed by atoms with Crippen LogP contribution >= 0.6 is 0 Å². The van der Waals surface area contributed by atoms with Gasteiger partial charge in [-0.15, -0.1) is 0 Å². The summed E-state index contributed by atoms with van der Waals surface area (Å²) in [5.41, 5.74) is -0.786. The van der Waals surface area contributed by atoms with Crippen molar-refractivity contribution in [3.05, 3.63) is 11.6 Å². The molecule has 5 unspecified atom stereocenters. The van der Waals surface area contributed by atoms with E-state index in [1.54, 1.807) is 13.0 Å². The second-order valence-electron chi connectivity index (χ2n) is 19.0. The summed E-state index contributed by atoms with van der Waals surface area (Å²) in [6, 6.07) is 0. The fourth-order valence-corrected chi connectivity index (χ4v) is 12.8. The van der Waals surface area contributed by atoms with E-state index in [0.717, 1.165) is 37.7 Å². The maximum absolute atomic E-state index is 12.6. The van der Waals surface area contributed by atoms with Gasteiger partial charge < -0.3 is 89.3 Å². The van der Waals surface area contributed by atoms with Gasteiger partial charge >= 0.3 is 5.97 Å². The molecule has 0 radical (unpaired) electrons. The Kier molecular flexibility index (Phi) is 12.9. The van der Waals surface area contributed by atoms with Gasteiger partial charge in [0.25, 0.3) is 0 Å². The van der Waals surface area contributed by atoms with Crippen molar-refractivity contribution in [2.24, 2.45) is 34.5 Å². The molecule has 0 amide bonds. The lowest BCUT2D eigenvalue weighted by Gasteiger charge is -2.64. The number of cyclic esters (lactones) is 1. The number of ether oxygens (including phenoxy) is 7. The summed E-state index contributed by atoms with van der Waals surface area (Å²) >= 11 is 0. The van der Waals surface area contributed by atoms with E-state index in [1.165, 1.54) is 0 Å². The van der Waals surface area contributed by atoms with Gasteiger partial charge in [-0.05, 0) is 99.4 Å². The molecule has 8 aliphatic rings. The third-order valence-corrected chi connectivity index (χ3v) is 16.3. The number of aliphatic hydroxyl groups excluding tert-OH is 10. The number of aliphatic hydroxyl groups is 11. The first-order chi connectivity index (χ1) is 28.5. The summed E-state index contributed by atoms with van der Waals surface area (Å²) in [7, 11) is 0. The van der Waals surface area contributed by atoms with Gasteiger partial charge in [-0.2, -0.15) is 0 Å². The summed E-state index contributed by atoms with van der Waals surface area (Å²) < 4.78 is 40.1. The fraction of sp³-hybridized carbons (Fsp3) is 0.927. The van der Waals surface area contributed by atoms with Crippen LogP contribution in [-0.4, -0.2) is 192 Å². The summed E-state index contributed by atoms with van der Waals surface area (Å²) in [5.74, 6) is -0.0804. The zero-order chi connectivity index (χ0) is 43.1. The minimum atomic E-state index is -1.83. The van der Waals surface area contributed by atoms with Gasteiger partial charge in [-0.25, -0.2) is 4.79 Å². The molecule has 3 saturated heterocycles. The van der Waals surface area contributed by atoms with Crippen LogP contribution in [-0.2, 0) is 38.0 Å². The van der Waals surface area contributed by atoms with Gasteiger partial charge in [0, 0.05) is 18.1 Å². The Balaban J connectivity index is 0.872. The lowest BCUT2D eigenvalue weighted by atomic mass is 9.43. The number of carbonyl (C=O) groups is 1. The Morgan fingerprint density at radius 2 is 1.38 bits per heavy atom. The minimum Gasteiger partial charge on any atom is -0.458 e. The van der Waals surface area contributed by atoms with Gasteiger partial charge in [0.1, 0.15) is 73.8 Å². The predicted octanol–water partition coefficient (Wildman–Crippen LogP) is -2.92. The van der Waals surface area contributed by atoms with E-state index in [9.17, 15) is 61.0 Å². The molecule has 0 aromatic carbocycles. The molecule has 342 valence electrons. The monoisotopic (exact) mass is 860 g/mol. The smallest absolute Gasteiger partial charge is 0.331 e. The quantitative estimate of drug-likeness (QED) is 0.0775. The van der Waals surface area contributed by atoms with Gasteiger partial charge in [0.2, 0.25) is 0 Å². The van der Waals surface area contributed by atoms with Crippen molar-refractivity contribution >= 4 is 5.97 Å². The molecule has 0 bridgehead atoms. The maximum Gasteiger partial charge on any atom is 0.331 e. The highest BCUT2D eigenvalue weighted by atomic mass is 16.8. The lowest BCUT2D eigenvalue weighted by Crippen LogP contribution is -2.65. The largest absolute Gasteiger partial charge is 0.458 e. The van der Waals surface area contributed by atoms with Crippen LogP contribution in [0.1, 0.15) is 71.6 Å². The molecule has 23 atom stereocenters. The Morgan fingerprint density at radius 1 is 0.717 bits per heavy atom. The Labute approximate surface area is 347 Å². The Morgan fingerprint density at radius 3 is 2.07 bits per heavy atom. The zero-order valence-corrected chi connectivity index (χ0v) is 34.0. The highest BCUT2D eigenvalue weighted by molar-refractivity contribution is 5.85. The van der Waals surface area contributed by atoms with Crippen molar-refractivity contribution in [3.8, 4) is 0 Å². The van der Waals surface area contributed by atoms with Gasteiger partial charge in [0.05, 0.1) is 31.0 Å². The van der Waals surface area contributed by atoms with Crippen LogP contribution < -0.4 is 0 Å². The first-order valence-corrected chi connectivity index (χ1v) is 21.6. The molecule has 19 heteroatoms. The van der Waals surface area contributed by atoms with E-state index in [0.29, 0.717) is 25.7 Å². The average molecular weight is 861 g/mol. The summed E-state index contributed by atoms with van der Waals surface area (Å²) in [6.07, 6.45) is -15.5. The Hall–Kier alpha value is -1.47. The molecule has 0 aromatic heterocycles. The van der Waals surface area contributed by atoms with Crippen molar-refractivity contribution in [1.29, 1.82) is 0 Å². The SMILES string of the molecule is C[C@@H]1O[C@H](O[C@H]2CC[C@@]3(CO)C(CCC4C3CC[C@]3(C)[C@@H](C5=CC(=O)OC5)CC[C@]43O)C2)[C@H](O)[C@@H](O)[C@@H]1OC1O[C@H](COC2O[C@H](CO)[C@@H](O)[C@H](O)[C@H]2O)[C@@H](O)[C@H](O)[C@H]1O. The van der Waals surface area contributed by atoms with E-state index >= 15 is 0 Å². The van der Waals surface area contributed by atoms with Crippen molar-refractivity contribution in [3.63, 3.8) is 0 Å². The molecule has 0 aromatic rings. The molecule has 4 aliphatic heterocycles. The molecule has 4 aliphatic carbocycles. The summed E-state index contributed by atoms with van der Waals surface area (Å²) in [5, 5.41) is 118. The van der Waals surface area contributed by atoms with Crippen molar-refractivity contribution in [2.75, 3.05) is 26.4 Å². The lowest BCUT2D eigenvalue weighted by molar-refractivity contribution is -0.365.